The monoisotopic (exact) mass is 274 g/mol. The van der Waals surface area contributed by atoms with Crippen LogP contribution >= 0.6 is 0 Å². The number of fused-ring (bicyclic) bond motifs is 1. The number of aromatic nitrogens is 2. The molecule has 7 heteroatoms. The molecule has 2 heterocycles. The minimum Gasteiger partial charge on any atom is -0.475 e. The predicted octanol–water partition coefficient (Wildman–Crippen LogP) is 1.97. The number of nitrogens with zero attached hydrogens (tertiary/aromatic N) is 2. The first-order valence-electron chi connectivity index (χ1n) is 5.94. The topological polar surface area (TPSA) is 98.5 Å². The molecule has 0 fully saturated rings. The Balaban J connectivity index is 2.16. The van der Waals surface area contributed by atoms with E-state index in [1.54, 1.807) is 18.2 Å². The molecule has 2 aromatic heterocycles. The molecule has 7 nitrogen and oxygen atoms in total. The van der Waals surface area contributed by atoms with E-state index in [1.165, 1.54) is 10.6 Å². The molecule has 0 radical (unpaired) electrons. The van der Waals surface area contributed by atoms with Gasteiger partial charge in [-0.3, -0.25) is 4.57 Å². The van der Waals surface area contributed by atoms with Gasteiger partial charge in [-0.25, -0.2) is 9.59 Å². The summed E-state index contributed by atoms with van der Waals surface area (Å²) in [6, 6.07) is 6.38. The van der Waals surface area contributed by atoms with E-state index in [9.17, 15) is 9.59 Å². The van der Waals surface area contributed by atoms with Gasteiger partial charge in [-0.05, 0) is 25.1 Å². The Morgan fingerprint density at radius 1 is 1.40 bits per heavy atom. The zero-order chi connectivity index (χ0) is 14.3. The summed E-state index contributed by atoms with van der Waals surface area (Å²) in [7, 11) is 0. The van der Waals surface area contributed by atoms with Gasteiger partial charge in [0.05, 0.1) is 5.52 Å². The first kappa shape index (κ1) is 12.2. The molecule has 0 aliphatic heterocycles. The van der Waals surface area contributed by atoms with Crippen molar-refractivity contribution in [1.82, 2.24) is 9.72 Å². The van der Waals surface area contributed by atoms with Gasteiger partial charge in [-0.2, -0.15) is 0 Å². The number of oxazole rings is 1. The average molecular weight is 274 g/mol. The van der Waals surface area contributed by atoms with Crippen LogP contribution in [0.15, 0.2) is 38.0 Å². The van der Waals surface area contributed by atoms with Crippen LogP contribution in [-0.4, -0.2) is 20.8 Å². The Bertz CT molecular complexity index is 855. The molecule has 0 saturated heterocycles. The first-order valence-corrected chi connectivity index (χ1v) is 5.94. The Morgan fingerprint density at radius 3 is 2.85 bits per heavy atom. The Morgan fingerprint density at radius 2 is 2.20 bits per heavy atom. The van der Waals surface area contributed by atoms with Crippen LogP contribution in [0.1, 0.15) is 17.5 Å². The fourth-order valence-corrected chi connectivity index (χ4v) is 2.03. The van der Waals surface area contributed by atoms with Crippen molar-refractivity contribution in [2.45, 2.75) is 13.5 Å². The number of hydrogen-bond acceptors (Lipinski definition) is 5. The molecule has 0 spiro atoms. The largest absolute Gasteiger partial charge is 0.475 e. The second-order valence-electron chi connectivity index (χ2n) is 4.18. The van der Waals surface area contributed by atoms with Crippen LogP contribution < -0.4 is 5.76 Å². The number of benzene rings is 1. The molecule has 0 aliphatic rings. The Kier molecular flexibility index (Phi) is 2.67. The van der Waals surface area contributed by atoms with Crippen molar-refractivity contribution in [3.8, 4) is 11.3 Å². The number of aryl methyl sites for hydroxylation is 1. The number of rotatable bonds is 3. The minimum atomic E-state index is -1.18. The standard InChI is InChI=1S/C13H10N2O5/c1-2-15-9-5-7(3-4-10(9)19-13(15)18)8-6-11(12(16)17)20-14-8/h3-6H,2H2,1H3,(H,16,17). The molecule has 20 heavy (non-hydrogen) atoms. The maximum atomic E-state index is 11.6. The van der Waals surface area contributed by atoms with E-state index in [1.807, 2.05) is 6.92 Å². The molecule has 0 unspecified atom stereocenters. The lowest BCUT2D eigenvalue weighted by Gasteiger charge is -1.98. The highest BCUT2D eigenvalue weighted by Crippen LogP contribution is 2.24. The lowest BCUT2D eigenvalue weighted by molar-refractivity contribution is 0.0652. The first-order chi connectivity index (χ1) is 9.60. The van der Waals surface area contributed by atoms with Gasteiger partial charge in [0.25, 0.3) is 0 Å². The van der Waals surface area contributed by atoms with Crippen molar-refractivity contribution in [3.63, 3.8) is 0 Å². The maximum absolute atomic E-state index is 11.6. The van der Waals surface area contributed by atoms with Crippen LogP contribution in [0, 0.1) is 0 Å². The summed E-state index contributed by atoms with van der Waals surface area (Å²) in [6.07, 6.45) is 0. The van der Waals surface area contributed by atoms with Crippen molar-refractivity contribution in [1.29, 1.82) is 0 Å². The summed E-state index contributed by atoms with van der Waals surface area (Å²) >= 11 is 0. The average Bonchev–Trinajstić information content (AvgIpc) is 3.01. The van der Waals surface area contributed by atoms with Crippen molar-refractivity contribution in [2.24, 2.45) is 0 Å². The Hall–Kier alpha value is -2.83. The molecule has 3 rings (SSSR count). The Labute approximate surface area is 112 Å². The molecule has 102 valence electrons. The van der Waals surface area contributed by atoms with Crippen LogP contribution in [0.3, 0.4) is 0 Å². The molecule has 0 aliphatic carbocycles. The molecule has 0 amide bonds. The summed E-state index contributed by atoms with van der Waals surface area (Å²) in [5, 5.41) is 12.5. The van der Waals surface area contributed by atoms with Crippen molar-refractivity contribution in [3.05, 3.63) is 40.6 Å². The van der Waals surface area contributed by atoms with Crippen LogP contribution in [-0.2, 0) is 6.54 Å². The maximum Gasteiger partial charge on any atom is 0.419 e. The van der Waals surface area contributed by atoms with E-state index in [4.69, 9.17) is 14.0 Å². The normalized spacial score (nSPS) is 11.1. The number of carboxylic acids is 1. The molecule has 0 saturated carbocycles. The molecule has 0 bridgehead atoms. The second-order valence-corrected chi connectivity index (χ2v) is 4.18. The third-order valence-electron chi connectivity index (χ3n) is 3.00. The summed E-state index contributed by atoms with van der Waals surface area (Å²) in [4.78, 5) is 22.4. The lowest BCUT2D eigenvalue weighted by Crippen LogP contribution is -2.11. The van der Waals surface area contributed by atoms with E-state index in [-0.39, 0.29) is 5.76 Å². The van der Waals surface area contributed by atoms with E-state index >= 15 is 0 Å². The van der Waals surface area contributed by atoms with Gasteiger partial charge in [0.15, 0.2) is 5.58 Å². The van der Waals surface area contributed by atoms with Gasteiger partial charge in [0.1, 0.15) is 5.69 Å². The predicted molar refractivity (Wildman–Crippen MR) is 68.6 cm³/mol. The summed E-state index contributed by atoms with van der Waals surface area (Å²) in [5.41, 5.74) is 2.15. The highest BCUT2D eigenvalue weighted by Gasteiger charge is 2.14. The van der Waals surface area contributed by atoms with Gasteiger partial charge in [-0.1, -0.05) is 5.16 Å². The van der Waals surface area contributed by atoms with E-state index in [0.29, 0.717) is 28.9 Å². The van der Waals surface area contributed by atoms with Crippen LogP contribution in [0.4, 0.5) is 0 Å². The quantitative estimate of drug-likeness (QED) is 0.783. The zero-order valence-electron chi connectivity index (χ0n) is 10.5. The highest BCUT2D eigenvalue weighted by atomic mass is 16.5. The highest BCUT2D eigenvalue weighted by molar-refractivity contribution is 5.86. The summed E-state index contributed by atoms with van der Waals surface area (Å²) in [5.74, 6) is -1.84. The van der Waals surface area contributed by atoms with Crippen LogP contribution in [0.5, 0.6) is 0 Å². The van der Waals surface area contributed by atoms with Gasteiger partial charge >= 0.3 is 11.7 Å². The SMILES string of the molecule is CCn1c(=O)oc2ccc(-c3cc(C(=O)O)on3)cc21. The van der Waals surface area contributed by atoms with Crippen molar-refractivity contribution < 1.29 is 18.8 Å². The van der Waals surface area contributed by atoms with Gasteiger partial charge in [-0.15, -0.1) is 0 Å². The molecule has 1 aromatic carbocycles. The van der Waals surface area contributed by atoms with Gasteiger partial charge in [0, 0.05) is 18.2 Å². The second kappa shape index (κ2) is 4.37. The van der Waals surface area contributed by atoms with Crippen LogP contribution in [0.25, 0.3) is 22.4 Å². The smallest absolute Gasteiger partial charge is 0.419 e. The van der Waals surface area contributed by atoms with Crippen LogP contribution in [0.2, 0.25) is 0 Å². The number of carboxylic acid groups (broad SMARTS) is 1. The summed E-state index contributed by atoms with van der Waals surface area (Å²) in [6.45, 7) is 2.32. The molecular weight excluding hydrogens is 264 g/mol. The number of hydrogen-bond donors (Lipinski definition) is 1. The number of aromatic carboxylic acids is 1. The lowest BCUT2D eigenvalue weighted by atomic mass is 10.1. The molecule has 0 atom stereocenters. The molecular formula is C13H10N2O5. The van der Waals surface area contributed by atoms with E-state index < -0.39 is 11.7 Å². The number of carbonyl (C=O) groups is 1. The fourth-order valence-electron chi connectivity index (χ4n) is 2.03. The van der Waals surface area contributed by atoms with Crippen molar-refractivity contribution >= 4 is 17.1 Å². The van der Waals surface area contributed by atoms with E-state index in [2.05, 4.69) is 5.16 Å². The van der Waals surface area contributed by atoms with Crippen molar-refractivity contribution in [2.75, 3.05) is 0 Å². The fraction of sp³-hybridized carbons (Fsp3) is 0.154. The van der Waals surface area contributed by atoms with Gasteiger partial charge < -0.3 is 14.0 Å². The minimum absolute atomic E-state index is 0.236. The third kappa shape index (κ3) is 1.80. The van der Waals surface area contributed by atoms with Gasteiger partial charge in [0.2, 0.25) is 5.76 Å². The van der Waals surface area contributed by atoms with E-state index in [0.717, 1.165) is 0 Å². The summed E-state index contributed by atoms with van der Waals surface area (Å²) < 4.78 is 11.3. The zero-order valence-corrected chi connectivity index (χ0v) is 10.5. The molecule has 1 N–H and O–H groups in total. The molecule has 3 aromatic rings. The third-order valence-corrected chi connectivity index (χ3v) is 3.00.